The van der Waals surface area contributed by atoms with E-state index < -0.39 is 22.0 Å². The number of carbonyl (C=O) groups is 1. The second-order valence-electron chi connectivity index (χ2n) is 8.56. The molecule has 1 atom stereocenters. The molecule has 0 aromatic rings. The summed E-state index contributed by atoms with van der Waals surface area (Å²) < 4.78 is 34.3. The molecule has 0 bridgehead atoms. The predicted molar refractivity (Wildman–Crippen MR) is 125 cm³/mol. The normalized spacial score (nSPS) is 15.3. The Hall–Kier alpha value is -0.290. The van der Waals surface area contributed by atoms with E-state index in [2.05, 4.69) is 19.1 Å². The van der Waals surface area contributed by atoms with E-state index in [0.717, 1.165) is 32.1 Å². The molecule has 0 aromatic carbocycles. The Morgan fingerprint density at radius 1 is 1.12 bits per heavy atom. The number of β-amino-alcohol motifs (C(OH)–C–C–N with tert-alkyl or cyclic N) is 2. The van der Waals surface area contributed by atoms with Gasteiger partial charge in [0, 0.05) is 6.42 Å². The molecule has 0 radical (unpaired) electrons. The molecular weight excluding hydrogens is 455 g/mol. The van der Waals surface area contributed by atoms with Gasteiger partial charge in [0.1, 0.15) is 32.3 Å². The minimum atomic E-state index is -4.54. The number of hydrogen-bond donors (Lipinski definition) is 2. The summed E-state index contributed by atoms with van der Waals surface area (Å²) in [6.07, 6.45) is 14.8. The first-order chi connectivity index (χ1) is 15.3. The van der Waals surface area contributed by atoms with Gasteiger partial charge in [-0.2, -0.15) is 0 Å². The molecule has 0 aromatic heterocycles. The van der Waals surface area contributed by atoms with E-state index in [1.807, 2.05) is 0 Å². The minimum Gasteiger partial charge on any atom is -0.748 e. The van der Waals surface area contributed by atoms with Crippen molar-refractivity contribution in [2.45, 2.75) is 83.7 Å². The molecule has 33 heavy (non-hydrogen) atoms. The van der Waals surface area contributed by atoms with Crippen molar-refractivity contribution in [1.82, 2.24) is 4.90 Å². The smallest absolute Gasteiger partial charge is 0.748 e. The van der Waals surface area contributed by atoms with Gasteiger partial charge < -0.3 is 14.8 Å². The maximum absolute atomic E-state index is 12.8. The molecule has 186 valence electrons. The van der Waals surface area contributed by atoms with Gasteiger partial charge in [-0.25, -0.2) is 8.42 Å². The third-order valence-electron chi connectivity index (χ3n) is 5.58. The van der Waals surface area contributed by atoms with Gasteiger partial charge in [-0.1, -0.05) is 57.6 Å². The Bertz CT molecular complexity index is 712. The van der Waals surface area contributed by atoms with Crippen LogP contribution in [-0.4, -0.2) is 88.9 Å². The number of rotatable bonds is 19. The standard InChI is InChI=1S/C23H42N2O6S.Na/c1-2-3-4-5-6-7-8-9-10-11-12-13-14-22(28)23-24(17-18-26)15-16-25(23)19-21(27)20-32(29,30)31;/h4-5,21,26-27H,2-3,6-20H2,1H3;/q;+1/b5-4+;. The Morgan fingerprint density at radius 2 is 1.73 bits per heavy atom. The van der Waals surface area contributed by atoms with Gasteiger partial charge >= 0.3 is 35.4 Å². The fourth-order valence-electron chi connectivity index (χ4n) is 4.01. The van der Waals surface area contributed by atoms with Crippen molar-refractivity contribution in [3.05, 3.63) is 12.2 Å². The second-order valence-corrected chi connectivity index (χ2v) is 10.0. The molecule has 10 heteroatoms. The van der Waals surface area contributed by atoms with E-state index in [1.165, 1.54) is 32.1 Å². The van der Waals surface area contributed by atoms with Crippen LogP contribution in [-0.2, 0) is 14.9 Å². The van der Waals surface area contributed by atoms with Crippen molar-refractivity contribution >= 4 is 21.7 Å². The fraction of sp³-hybridized carbons (Fsp3) is 0.826. The van der Waals surface area contributed by atoms with Gasteiger partial charge in [0.2, 0.25) is 5.78 Å². The summed E-state index contributed by atoms with van der Waals surface area (Å²) in [5.74, 6) is -0.524. The molecule has 1 aliphatic rings. The molecule has 0 fully saturated rings. The van der Waals surface area contributed by atoms with E-state index in [9.17, 15) is 28.0 Å². The predicted octanol–water partition coefficient (Wildman–Crippen LogP) is -0.948. The fourth-order valence-corrected chi connectivity index (χ4v) is 4.59. The van der Waals surface area contributed by atoms with Crippen LogP contribution in [0.25, 0.3) is 0 Å². The molecular formula is C23H42N2NaO6S+. The Labute approximate surface area is 222 Å². The van der Waals surface area contributed by atoms with Crippen LogP contribution in [0.3, 0.4) is 0 Å². The molecule has 0 saturated heterocycles. The van der Waals surface area contributed by atoms with Crippen LogP contribution in [0.5, 0.6) is 0 Å². The largest absolute Gasteiger partial charge is 1.00 e. The molecule has 0 saturated carbocycles. The summed E-state index contributed by atoms with van der Waals surface area (Å²) in [5, 5.41) is 19.2. The summed E-state index contributed by atoms with van der Waals surface area (Å²) in [4.78, 5) is 14.6. The van der Waals surface area contributed by atoms with Gasteiger partial charge in [-0.15, -0.1) is 0 Å². The third-order valence-corrected chi connectivity index (χ3v) is 6.38. The van der Waals surface area contributed by atoms with Crippen molar-refractivity contribution in [3.63, 3.8) is 0 Å². The van der Waals surface area contributed by atoms with Gasteiger partial charge in [-0.05, 0) is 25.7 Å². The van der Waals surface area contributed by atoms with Gasteiger partial charge in [0.15, 0.2) is 0 Å². The zero-order valence-corrected chi connectivity index (χ0v) is 23.4. The summed E-state index contributed by atoms with van der Waals surface area (Å²) in [6, 6.07) is 0. The van der Waals surface area contributed by atoms with Crippen LogP contribution in [0.4, 0.5) is 0 Å². The molecule has 8 nitrogen and oxygen atoms in total. The number of unbranched alkanes of at least 4 members (excludes halogenated alkanes) is 8. The van der Waals surface area contributed by atoms with Crippen LogP contribution in [0.1, 0.15) is 77.6 Å². The first kappa shape index (κ1) is 32.7. The van der Waals surface area contributed by atoms with Crippen molar-refractivity contribution in [2.75, 3.05) is 38.5 Å². The Morgan fingerprint density at radius 3 is 2.33 bits per heavy atom. The number of allylic oxidation sites excluding steroid dienone is 2. The van der Waals surface area contributed by atoms with E-state index in [1.54, 1.807) is 9.48 Å². The van der Waals surface area contributed by atoms with Crippen molar-refractivity contribution in [2.24, 2.45) is 0 Å². The molecule has 0 spiro atoms. The van der Waals surface area contributed by atoms with E-state index in [0.29, 0.717) is 31.9 Å². The zero-order valence-electron chi connectivity index (χ0n) is 20.6. The average Bonchev–Trinajstić information content (AvgIpc) is 3.09. The topological polar surface area (TPSA) is 121 Å². The second kappa shape index (κ2) is 19.0. The Balaban J connectivity index is 0.0000102. The number of ketones is 1. The molecule has 1 aliphatic heterocycles. The number of amidine groups is 1. The van der Waals surface area contributed by atoms with Crippen LogP contribution >= 0.6 is 0 Å². The summed E-state index contributed by atoms with van der Waals surface area (Å²) >= 11 is 0. The van der Waals surface area contributed by atoms with Crippen molar-refractivity contribution in [3.8, 4) is 0 Å². The average molecular weight is 498 g/mol. The van der Waals surface area contributed by atoms with Gasteiger partial charge in [0.05, 0.1) is 22.5 Å². The molecule has 2 N–H and O–H groups in total. The first-order valence-electron chi connectivity index (χ1n) is 12.1. The monoisotopic (exact) mass is 497 g/mol. The Kier molecular flexibility index (Phi) is 18.8. The van der Waals surface area contributed by atoms with Crippen LogP contribution < -0.4 is 29.6 Å². The van der Waals surface area contributed by atoms with Crippen molar-refractivity contribution < 1.29 is 62.1 Å². The van der Waals surface area contributed by atoms with E-state index >= 15 is 0 Å². The van der Waals surface area contributed by atoms with Gasteiger partial charge in [-0.3, -0.25) is 14.3 Å². The minimum absolute atomic E-state index is 0. The van der Waals surface area contributed by atoms with Crippen LogP contribution in [0.15, 0.2) is 12.2 Å². The van der Waals surface area contributed by atoms with Gasteiger partial charge in [0.25, 0.3) is 0 Å². The number of aliphatic hydroxyl groups is 2. The first-order valence-corrected chi connectivity index (χ1v) is 13.6. The van der Waals surface area contributed by atoms with Crippen molar-refractivity contribution in [1.29, 1.82) is 0 Å². The maximum Gasteiger partial charge on any atom is 1.00 e. The number of aliphatic hydroxyl groups excluding tert-OH is 2. The molecule has 0 aliphatic carbocycles. The number of hydrogen-bond acceptors (Lipinski definition) is 7. The van der Waals surface area contributed by atoms with Crippen LogP contribution in [0, 0.1) is 0 Å². The number of carbonyl (C=O) groups excluding carboxylic acids is 1. The summed E-state index contributed by atoms with van der Waals surface area (Å²) in [6.45, 7) is 3.27. The van der Waals surface area contributed by atoms with E-state index in [-0.39, 0.29) is 48.5 Å². The van der Waals surface area contributed by atoms with E-state index in [4.69, 9.17) is 0 Å². The number of Topliss-reactive ketones (excluding diaryl/α,β-unsaturated/α-hetero) is 1. The SMILES string of the molecule is CCC/C=C/CCCCCCCCCC(=O)C1=[N+](CC(O)CS(=O)(=O)[O-])CCN1CCO.[Na+]. The summed E-state index contributed by atoms with van der Waals surface area (Å²) in [7, 11) is -4.54. The number of nitrogens with zero attached hydrogens (tertiary/aromatic N) is 2. The maximum atomic E-state index is 12.8. The molecule has 1 unspecified atom stereocenters. The molecule has 0 amide bonds. The molecule has 1 heterocycles. The summed E-state index contributed by atoms with van der Waals surface area (Å²) in [5.41, 5.74) is 0. The quantitative estimate of drug-likeness (QED) is 0.0776. The third kappa shape index (κ3) is 15.3. The molecule has 1 rings (SSSR count). The van der Waals surface area contributed by atoms with Crippen LogP contribution in [0.2, 0.25) is 0 Å². The zero-order chi connectivity index (χ0) is 23.8.